The number of rotatable bonds is 5. The molecular formula is C19H24N3O3S+. The van der Waals surface area contributed by atoms with Gasteiger partial charge in [0, 0.05) is 32.8 Å². The van der Waals surface area contributed by atoms with E-state index in [9.17, 15) is 13.2 Å². The van der Waals surface area contributed by atoms with Crippen molar-refractivity contribution in [3.8, 4) is 0 Å². The predicted octanol–water partition coefficient (Wildman–Crippen LogP) is 0.428. The van der Waals surface area contributed by atoms with Crippen molar-refractivity contribution in [2.45, 2.75) is 18.0 Å². The molecular weight excluding hydrogens is 350 g/mol. The fourth-order valence-electron chi connectivity index (χ4n) is 3.08. The monoisotopic (exact) mass is 374 g/mol. The molecule has 0 saturated heterocycles. The molecule has 2 heterocycles. The lowest BCUT2D eigenvalue weighted by molar-refractivity contribution is -0.918. The third-order valence-corrected chi connectivity index (χ3v) is 6.46. The zero-order chi connectivity index (χ0) is 18.7. The Hall–Kier alpha value is -2.22. The summed E-state index contributed by atoms with van der Waals surface area (Å²) >= 11 is 0. The Morgan fingerprint density at radius 1 is 1.12 bits per heavy atom. The van der Waals surface area contributed by atoms with Crippen LogP contribution >= 0.6 is 0 Å². The van der Waals surface area contributed by atoms with Crippen LogP contribution in [0.4, 0.5) is 0 Å². The molecule has 1 aromatic heterocycles. The van der Waals surface area contributed by atoms with Gasteiger partial charge in [0.1, 0.15) is 0 Å². The molecule has 1 aliphatic rings. The van der Waals surface area contributed by atoms with E-state index >= 15 is 0 Å². The van der Waals surface area contributed by atoms with Gasteiger partial charge in [0.25, 0.3) is 5.56 Å². The number of benzene rings is 1. The average molecular weight is 374 g/mol. The average Bonchev–Trinajstić information content (AvgIpc) is 2.64. The van der Waals surface area contributed by atoms with Crippen molar-refractivity contribution >= 4 is 15.6 Å². The van der Waals surface area contributed by atoms with E-state index in [1.54, 1.807) is 0 Å². The van der Waals surface area contributed by atoms with Gasteiger partial charge in [0.2, 0.25) is 10.0 Å². The highest BCUT2D eigenvalue weighted by Crippen LogP contribution is 2.17. The maximum atomic E-state index is 12.3. The summed E-state index contributed by atoms with van der Waals surface area (Å²) in [6, 6.07) is 13.0. The van der Waals surface area contributed by atoms with Crippen LogP contribution in [0.25, 0.3) is 5.57 Å². The summed E-state index contributed by atoms with van der Waals surface area (Å²) in [5.41, 5.74) is 2.38. The van der Waals surface area contributed by atoms with Crippen molar-refractivity contribution in [1.82, 2.24) is 8.87 Å². The molecule has 1 unspecified atom stereocenters. The Labute approximate surface area is 154 Å². The van der Waals surface area contributed by atoms with Gasteiger partial charge in [0.05, 0.1) is 18.0 Å². The molecule has 1 atom stereocenters. The topological polar surface area (TPSA) is 63.8 Å². The Kier molecular flexibility index (Phi) is 5.41. The molecule has 0 bridgehead atoms. The number of quaternary nitrogens is 1. The van der Waals surface area contributed by atoms with Crippen LogP contribution in [-0.4, -0.2) is 44.5 Å². The summed E-state index contributed by atoms with van der Waals surface area (Å²) in [6.07, 6.45) is 4.59. The van der Waals surface area contributed by atoms with Crippen molar-refractivity contribution in [3.63, 3.8) is 0 Å². The molecule has 1 aliphatic heterocycles. The van der Waals surface area contributed by atoms with Gasteiger partial charge in [-0.2, -0.15) is 0 Å². The first-order valence-corrected chi connectivity index (χ1v) is 10.0. The molecule has 26 heavy (non-hydrogen) atoms. The number of aromatic nitrogens is 1. The van der Waals surface area contributed by atoms with E-state index in [-0.39, 0.29) is 10.5 Å². The maximum absolute atomic E-state index is 12.3. The first kappa shape index (κ1) is 18.6. The molecule has 0 fully saturated rings. The lowest BCUT2D eigenvalue weighted by Gasteiger charge is -2.24. The van der Waals surface area contributed by atoms with E-state index in [1.807, 2.05) is 18.2 Å². The van der Waals surface area contributed by atoms with Crippen molar-refractivity contribution < 1.29 is 13.3 Å². The largest absolute Gasteiger partial charge is 0.314 e. The van der Waals surface area contributed by atoms with Crippen LogP contribution in [0.2, 0.25) is 0 Å². The van der Waals surface area contributed by atoms with Crippen LogP contribution in [0, 0.1) is 0 Å². The molecule has 0 spiro atoms. The van der Waals surface area contributed by atoms with E-state index in [1.165, 1.54) is 53.0 Å². The highest BCUT2D eigenvalue weighted by Gasteiger charge is 2.20. The number of sulfonamides is 1. The Morgan fingerprint density at radius 2 is 1.85 bits per heavy atom. The van der Waals surface area contributed by atoms with Crippen LogP contribution in [-0.2, 0) is 16.7 Å². The lowest BCUT2D eigenvalue weighted by Crippen LogP contribution is -3.12. The van der Waals surface area contributed by atoms with Crippen LogP contribution in [0.3, 0.4) is 0 Å². The molecule has 138 valence electrons. The van der Waals surface area contributed by atoms with Crippen molar-refractivity contribution in [2.75, 3.05) is 27.2 Å². The Bertz CT molecular complexity index is 963. The second-order valence-electron chi connectivity index (χ2n) is 6.67. The van der Waals surface area contributed by atoms with E-state index in [0.29, 0.717) is 6.67 Å². The van der Waals surface area contributed by atoms with E-state index in [0.717, 1.165) is 23.8 Å². The fourth-order valence-corrected chi connectivity index (χ4v) is 4.00. The van der Waals surface area contributed by atoms with Gasteiger partial charge < -0.3 is 4.90 Å². The minimum atomic E-state index is -3.55. The lowest BCUT2D eigenvalue weighted by atomic mass is 10.00. The molecule has 0 amide bonds. The number of hydrogen-bond acceptors (Lipinski definition) is 3. The summed E-state index contributed by atoms with van der Waals surface area (Å²) in [5.74, 6) is 0. The Balaban J connectivity index is 1.76. The molecule has 6 nitrogen and oxygen atoms in total. The standard InChI is InChI=1S/C19H23N3O3S/c1-20(2)26(24,25)18-8-9-19(23)22(14-18)15-21-12-10-17(11-13-21)16-6-4-3-5-7-16/h3-10,14H,11-13,15H2,1-2H3/p+1. The van der Waals surface area contributed by atoms with Crippen molar-refractivity contribution in [1.29, 1.82) is 0 Å². The maximum Gasteiger partial charge on any atom is 0.254 e. The quantitative estimate of drug-likeness (QED) is 0.826. The third-order valence-electron chi connectivity index (χ3n) is 4.66. The molecule has 7 heteroatoms. The van der Waals surface area contributed by atoms with Gasteiger partial charge in [-0.3, -0.25) is 9.36 Å². The summed E-state index contributed by atoms with van der Waals surface area (Å²) in [5, 5.41) is 0. The molecule has 0 saturated carbocycles. The van der Waals surface area contributed by atoms with Crippen molar-refractivity contribution in [2.24, 2.45) is 0 Å². The van der Waals surface area contributed by atoms with Crippen LogP contribution < -0.4 is 10.5 Å². The fraction of sp³-hybridized carbons (Fsp3) is 0.316. The molecule has 1 aromatic carbocycles. The highest BCUT2D eigenvalue weighted by atomic mass is 32.2. The van der Waals surface area contributed by atoms with Gasteiger partial charge >= 0.3 is 0 Å². The zero-order valence-electron chi connectivity index (χ0n) is 15.1. The second-order valence-corrected chi connectivity index (χ2v) is 8.82. The van der Waals surface area contributed by atoms with Crippen molar-refractivity contribution in [3.05, 3.63) is 70.7 Å². The van der Waals surface area contributed by atoms with Gasteiger partial charge in [-0.15, -0.1) is 0 Å². The summed E-state index contributed by atoms with van der Waals surface area (Å²) in [4.78, 5) is 13.5. The normalized spacial score (nSPS) is 18.0. The highest BCUT2D eigenvalue weighted by molar-refractivity contribution is 7.89. The van der Waals surface area contributed by atoms with E-state index in [2.05, 4.69) is 18.2 Å². The molecule has 2 aromatic rings. The SMILES string of the molecule is CN(C)S(=O)(=O)c1ccc(=O)n(C[NH+]2CC=C(c3ccccc3)CC2)c1. The van der Waals surface area contributed by atoms with E-state index in [4.69, 9.17) is 0 Å². The summed E-state index contributed by atoms with van der Waals surface area (Å²) in [6.45, 7) is 2.16. The third kappa shape index (κ3) is 3.95. The van der Waals surface area contributed by atoms with E-state index < -0.39 is 10.0 Å². The minimum absolute atomic E-state index is 0.138. The van der Waals surface area contributed by atoms with Gasteiger partial charge in [-0.1, -0.05) is 30.3 Å². The van der Waals surface area contributed by atoms with Gasteiger partial charge in [-0.25, -0.2) is 12.7 Å². The summed E-state index contributed by atoms with van der Waals surface area (Å²) < 4.78 is 27.2. The van der Waals surface area contributed by atoms with Crippen LogP contribution in [0.1, 0.15) is 12.0 Å². The smallest absolute Gasteiger partial charge is 0.254 e. The van der Waals surface area contributed by atoms with Gasteiger partial charge in [-0.05, 0) is 23.3 Å². The molecule has 1 N–H and O–H groups in total. The first-order chi connectivity index (χ1) is 12.4. The number of nitrogens with one attached hydrogen (secondary N) is 1. The first-order valence-electron chi connectivity index (χ1n) is 8.59. The Morgan fingerprint density at radius 3 is 2.46 bits per heavy atom. The molecule has 0 radical (unpaired) electrons. The molecule has 0 aliphatic carbocycles. The second kappa shape index (κ2) is 7.57. The molecule has 3 rings (SSSR count). The zero-order valence-corrected chi connectivity index (χ0v) is 15.9. The predicted molar refractivity (Wildman–Crippen MR) is 101 cm³/mol. The number of pyridine rings is 1. The van der Waals surface area contributed by atoms with Crippen LogP contribution in [0.15, 0.2) is 64.4 Å². The van der Waals surface area contributed by atoms with Gasteiger partial charge in [0.15, 0.2) is 6.67 Å². The minimum Gasteiger partial charge on any atom is -0.314 e. The number of hydrogen-bond donors (Lipinski definition) is 1. The summed E-state index contributed by atoms with van der Waals surface area (Å²) in [7, 11) is -0.584. The number of nitrogens with zero attached hydrogens (tertiary/aromatic N) is 2. The van der Waals surface area contributed by atoms with Crippen LogP contribution in [0.5, 0.6) is 0 Å².